The quantitative estimate of drug-likeness (QED) is 0.291. The zero-order valence-corrected chi connectivity index (χ0v) is 18.7. The largest absolute Gasteiger partial charge is 0.508 e. The number of nitrogens with zero attached hydrogens (tertiary/aromatic N) is 1. The average molecular weight is 411 g/mol. The van der Waals surface area contributed by atoms with Gasteiger partial charge in [0, 0.05) is 16.7 Å². The third kappa shape index (κ3) is 3.84. The van der Waals surface area contributed by atoms with Crippen LogP contribution in [0.3, 0.4) is 0 Å². The van der Waals surface area contributed by atoms with Crippen LogP contribution in [0.2, 0.25) is 0 Å². The second kappa shape index (κ2) is 8.20. The maximum absolute atomic E-state index is 10.0. The first-order chi connectivity index (χ1) is 14.9. The van der Waals surface area contributed by atoms with Crippen LogP contribution in [0.4, 0.5) is 5.69 Å². The summed E-state index contributed by atoms with van der Waals surface area (Å²) in [5.74, 6) is 0.758. The van der Waals surface area contributed by atoms with Crippen molar-refractivity contribution in [3.05, 3.63) is 103 Å². The minimum atomic E-state index is 0.276. The Morgan fingerprint density at radius 3 is 2.55 bits per heavy atom. The molecule has 0 radical (unpaired) electrons. The van der Waals surface area contributed by atoms with Crippen LogP contribution in [0.15, 0.2) is 91.7 Å². The number of quaternary nitrogens is 1. The van der Waals surface area contributed by atoms with Crippen LogP contribution >= 0.6 is 0 Å². The predicted octanol–water partition coefficient (Wildman–Crippen LogP) is 7.18. The van der Waals surface area contributed by atoms with Gasteiger partial charge < -0.3 is 5.11 Å². The summed E-state index contributed by atoms with van der Waals surface area (Å²) in [5, 5.41) is 10.0. The summed E-state index contributed by atoms with van der Waals surface area (Å²) < 4.78 is 0.801. The maximum Gasteiger partial charge on any atom is 0.149 e. The van der Waals surface area contributed by atoms with Crippen LogP contribution in [0.5, 0.6) is 5.75 Å². The molecule has 0 aromatic heterocycles. The molecule has 1 fully saturated rings. The van der Waals surface area contributed by atoms with Crippen molar-refractivity contribution in [2.45, 2.75) is 26.7 Å². The Kier molecular flexibility index (Phi) is 5.60. The number of phenolic OH excluding ortho intramolecular Hbond substituents is 1. The van der Waals surface area contributed by atoms with Gasteiger partial charge in [-0.3, -0.25) is 0 Å². The summed E-state index contributed by atoms with van der Waals surface area (Å²) in [5.41, 5.74) is 9.44. The Bertz CT molecular complexity index is 1130. The molecule has 1 aliphatic carbocycles. The van der Waals surface area contributed by atoms with Gasteiger partial charge in [-0.05, 0) is 73.2 Å². The number of benzene rings is 2. The average Bonchev–Trinajstić information content (AvgIpc) is 3.55. The molecule has 1 N–H and O–H groups in total. The molecule has 1 atom stereocenters. The molecule has 0 bridgehead atoms. The molecule has 0 amide bonds. The lowest BCUT2D eigenvalue weighted by Gasteiger charge is -2.29. The fraction of sp³-hybridized carbons (Fsp3) is 0.241. The zero-order valence-electron chi connectivity index (χ0n) is 18.7. The number of hydrogen-bond donors (Lipinski definition) is 1. The van der Waals surface area contributed by atoms with Crippen molar-refractivity contribution >= 4 is 11.3 Å². The van der Waals surface area contributed by atoms with Crippen molar-refractivity contribution in [3.8, 4) is 16.9 Å². The van der Waals surface area contributed by atoms with Gasteiger partial charge in [-0.25, -0.2) is 4.48 Å². The van der Waals surface area contributed by atoms with Crippen LogP contribution in [-0.2, 0) is 6.42 Å². The van der Waals surface area contributed by atoms with Crippen molar-refractivity contribution < 1.29 is 5.11 Å². The highest BCUT2D eigenvalue weighted by Gasteiger charge is 2.52. The minimum absolute atomic E-state index is 0.276. The normalized spacial score (nSPS) is 18.9. The van der Waals surface area contributed by atoms with E-state index in [0.717, 1.165) is 47.1 Å². The second-order valence-electron chi connectivity index (χ2n) is 8.90. The maximum atomic E-state index is 10.0. The molecule has 0 saturated carbocycles. The number of phenols is 1. The zero-order chi connectivity index (χ0) is 22.2. The van der Waals surface area contributed by atoms with Gasteiger partial charge in [0.15, 0.2) is 0 Å². The molecular formula is C29H32NO+. The smallest absolute Gasteiger partial charge is 0.149 e. The van der Waals surface area contributed by atoms with Crippen LogP contribution in [0.1, 0.15) is 31.4 Å². The number of hydrogen-bond acceptors (Lipinski definition) is 1. The third-order valence-corrected chi connectivity index (χ3v) is 6.57. The van der Waals surface area contributed by atoms with Gasteiger partial charge in [0.05, 0.1) is 0 Å². The van der Waals surface area contributed by atoms with Crippen molar-refractivity contribution in [2.24, 2.45) is 5.92 Å². The van der Waals surface area contributed by atoms with Crippen molar-refractivity contribution in [3.63, 3.8) is 0 Å². The van der Waals surface area contributed by atoms with E-state index in [1.165, 1.54) is 28.1 Å². The number of aromatic hydroxyl groups is 1. The van der Waals surface area contributed by atoms with Crippen LogP contribution in [0.25, 0.3) is 16.7 Å². The van der Waals surface area contributed by atoms with E-state index in [9.17, 15) is 5.11 Å². The molecule has 2 aliphatic rings. The van der Waals surface area contributed by atoms with Crippen LogP contribution in [0, 0.1) is 5.92 Å². The molecule has 4 rings (SSSR count). The Morgan fingerprint density at radius 1 is 1.16 bits per heavy atom. The van der Waals surface area contributed by atoms with Gasteiger partial charge in [-0.2, -0.15) is 0 Å². The Labute approximate surface area is 186 Å². The van der Waals surface area contributed by atoms with Crippen LogP contribution in [-0.4, -0.2) is 18.2 Å². The molecule has 1 unspecified atom stereocenters. The van der Waals surface area contributed by atoms with E-state index in [2.05, 4.69) is 63.9 Å². The van der Waals surface area contributed by atoms with E-state index in [1.54, 1.807) is 6.07 Å². The lowest BCUT2D eigenvalue weighted by Crippen LogP contribution is -2.30. The fourth-order valence-electron chi connectivity index (χ4n) is 4.79. The summed E-state index contributed by atoms with van der Waals surface area (Å²) >= 11 is 0. The molecular weight excluding hydrogens is 378 g/mol. The standard InChI is InChI=1S/C29H31NO/c1-6-10-24-17-25(23-12-9-13-26(31)18-23)19-28(20(2)3)29(24)30(15-16-30)22(5)27-14-8-7-11-21(27)4/h6-9,12-14,17-19,21H,1-2,5,10-11,15-16H2,3-4H3/p+1. The second-order valence-corrected chi connectivity index (χ2v) is 8.90. The Balaban J connectivity index is 1.90. The molecule has 1 aliphatic heterocycles. The minimum Gasteiger partial charge on any atom is -0.508 e. The Hall–Kier alpha value is -3.10. The molecule has 2 aromatic rings. The first kappa shape index (κ1) is 21.1. The molecule has 158 valence electrons. The van der Waals surface area contributed by atoms with Gasteiger partial charge in [-0.15, -0.1) is 6.58 Å². The van der Waals surface area contributed by atoms with Gasteiger partial charge in [0.1, 0.15) is 30.2 Å². The highest BCUT2D eigenvalue weighted by atomic mass is 16.3. The van der Waals surface area contributed by atoms with E-state index in [-0.39, 0.29) is 5.75 Å². The molecule has 1 heterocycles. The van der Waals surface area contributed by atoms with E-state index in [0.29, 0.717) is 5.92 Å². The highest BCUT2D eigenvalue weighted by Crippen LogP contribution is 2.49. The SMILES string of the molecule is C=CCc1cc(-c2cccc(O)c2)cc(C(=C)C)c1[N+]1(C(=C)C2=CC=CCC2C)CC1. The van der Waals surface area contributed by atoms with E-state index in [1.807, 2.05) is 24.3 Å². The molecule has 2 aromatic carbocycles. The van der Waals surface area contributed by atoms with E-state index < -0.39 is 0 Å². The van der Waals surface area contributed by atoms with E-state index >= 15 is 0 Å². The summed E-state index contributed by atoms with van der Waals surface area (Å²) in [6, 6.07) is 11.9. The summed E-state index contributed by atoms with van der Waals surface area (Å²) in [6.07, 6.45) is 10.5. The summed E-state index contributed by atoms with van der Waals surface area (Å²) in [4.78, 5) is 0. The Morgan fingerprint density at radius 2 is 1.94 bits per heavy atom. The van der Waals surface area contributed by atoms with Gasteiger partial charge >= 0.3 is 0 Å². The molecule has 31 heavy (non-hydrogen) atoms. The highest BCUT2D eigenvalue weighted by molar-refractivity contribution is 5.84. The molecule has 1 saturated heterocycles. The number of allylic oxidation sites excluding steroid dienone is 6. The topological polar surface area (TPSA) is 20.2 Å². The first-order valence-corrected chi connectivity index (χ1v) is 11.0. The van der Waals surface area contributed by atoms with Crippen molar-refractivity contribution in [2.75, 3.05) is 13.1 Å². The molecule has 2 nitrogen and oxygen atoms in total. The van der Waals surface area contributed by atoms with Crippen molar-refractivity contribution in [1.82, 2.24) is 4.48 Å². The van der Waals surface area contributed by atoms with E-state index in [4.69, 9.17) is 0 Å². The van der Waals surface area contributed by atoms with Crippen molar-refractivity contribution in [1.29, 1.82) is 0 Å². The summed E-state index contributed by atoms with van der Waals surface area (Å²) in [7, 11) is 0. The number of rotatable bonds is 7. The first-order valence-electron chi connectivity index (χ1n) is 11.0. The summed E-state index contributed by atoms with van der Waals surface area (Å²) in [6.45, 7) is 19.5. The fourth-order valence-corrected chi connectivity index (χ4v) is 4.79. The third-order valence-electron chi connectivity index (χ3n) is 6.57. The molecule has 2 heteroatoms. The lowest BCUT2D eigenvalue weighted by molar-refractivity contribution is 0.475. The predicted molar refractivity (Wildman–Crippen MR) is 134 cm³/mol. The monoisotopic (exact) mass is 410 g/mol. The lowest BCUT2D eigenvalue weighted by atomic mass is 9.88. The van der Waals surface area contributed by atoms with Gasteiger partial charge in [-0.1, -0.05) is 49.9 Å². The van der Waals surface area contributed by atoms with Crippen LogP contribution < -0.4 is 4.48 Å². The van der Waals surface area contributed by atoms with Gasteiger partial charge in [0.25, 0.3) is 0 Å². The molecule has 0 spiro atoms. The van der Waals surface area contributed by atoms with Gasteiger partial charge in [0.2, 0.25) is 0 Å².